The molecule has 174 valence electrons. The van der Waals surface area contributed by atoms with E-state index in [2.05, 4.69) is 0 Å². The second kappa shape index (κ2) is 10.7. The van der Waals surface area contributed by atoms with Crippen LogP contribution in [0.3, 0.4) is 0 Å². The summed E-state index contributed by atoms with van der Waals surface area (Å²) < 4.78 is 16.3. The number of hydrogen-bond acceptors (Lipinski definition) is 9. The number of rotatable bonds is 3. The van der Waals surface area contributed by atoms with Crippen molar-refractivity contribution in [2.24, 2.45) is 0 Å². The number of hydrogen-bond donors (Lipinski definition) is 4. The number of aliphatic hydroxyl groups excluding tert-OH is 3. The van der Waals surface area contributed by atoms with Crippen LogP contribution in [-0.4, -0.2) is 69.5 Å². The average Bonchev–Trinajstić information content (AvgIpc) is 3.00. The Morgan fingerprint density at radius 2 is 1.84 bits per heavy atom. The zero-order valence-electron chi connectivity index (χ0n) is 17.7. The SMILES string of the molecule is C[C@H]1C/C=C/CC/C=C/C(=O)Cc2cc(O[C@@H]3O[C@H](CO)[C@@H](O)[C@H]3O)cc(O)c2C(=O)O1. The molecule has 2 aliphatic rings. The first-order chi connectivity index (χ1) is 15.3. The maximum atomic E-state index is 12.7. The first kappa shape index (κ1) is 23.9. The molecule has 5 atom stereocenters. The smallest absolute Gasteiger partial charge is 0.342 e. The van der Waals surface area contributed by atoms with Crippen molar-refractivity contribution in [3.63, 3.8) is 0 Å². The maximum absolute atomic E-state index is 12.7. The Kier molecular flexibility index (Phi) is 8.03. The summed E-state index contributed by atoms with van der Waals surface area (Å²) in [5.41, 5.74) is 0.0411. The summed E-state index contributed by atoms with van der Waals surface area (Å²) in [4.78, 5) is 25.2. The summed E-state index contributed by atoms with van der Waals surface area (Å²) in [6, 6.07) is 2.52. The third-order valence-electron chi connectivity index (χ3n) is 5.24. The van der Waals surface area contributed by atoms with E-state index in [1.807, 2.05) is 12.2 Å². The first-order valence-electron chi connectivity index (χ1n) is 10.5. The summed E-state index contributed by atoms with van der Waals surface area (Å²) >= 11 is 0. The highest BCUT2D eigenvalue weighted by Gasteiger charge is 2.44. The van der Waals surface area contributed by atoms with Gasteiger partial charge in [0.15, 0.2) is 5.78 Å². The van der Waals surface area contributed by atoms with Gasteiger partial charge in [-0.15, -0.1) is 0 Å². The van der Waals surface area contributed by atoms with Gasteiger partial charge in [-0.05, 0) is 37.5 Å². The van der Waals surface area contributed by atoms with Gasteiger partial charge in [0, 0.05) is 18.9 Å². The van der Waals surface area contributed by atoms with Gasteiger partial charge in [0.1, 0.15) is 41.5 Å². The summed E-state index contributed by atoms with van der Waals surface area (Å²) in [7, 11) is 0. The van der Waals surface area contributed by atoms with Crippen LogP contribution in [0.25, 0.3) is 0 Å². The number of cyclic esters (lactones) is 1. The summed E-state index contributed by atoms with van der Waals surface area (Å²) in [5.74, 6) is -1.50. The van der Waals surface area contributed by atoms with Gasteiger partial charge in [-0.25, -0.2) is 4.79 Å². The molecular weight excluding hydrogens is 420 g/mol. The summed E-state index contributed by atoms with van der Waals surface area (Å²) in [6.45, 7) is 1.21. The maximum Gasteiger partial charge on any atom is 0.342 e. The van der Waals surface area contributed by atoms with Gasteiger partial charge in [0.2, 0.25) is 6.29 Å². The number of ether oxygens (including phenoxy) is 3. The number of benzene rings is 1. The number of fused-ring (bicyclic) bond motifs is 1. The summed E-state index contributed by atoms with van der Waals surface area (Å²) in [5, 5.41) is 39.7. The van der Waals surface area contributed by atoms with E-state index in [1.165, 1.54) is 12.1 Å². The number of phenols is 1. The molecule has 0 amide bonds. The van der Waals surface area contributed by atoms with Crippen LogP contribution in [0.5, 0.6) is 11.5 Å². The predicted octanol–water partition coefficient (Wildman–Crippen LogP) is 1.16. The number of esters is 1. The number of carbonyl (C=O) groups excluding carboxylic acids is 2. The number of aromatic hydroxyl groups is 1. The molecule has 1 aromatic carbocycles. The Labute approximate surface area is 185 Å². The number of allylic oxidation sites excluding steroid dienone is 3. The molecule has 0 unspecified atom stereocenters. The van der Waals surface area contributed by atoms with Crippen molar-refractivity contribution < 1.29 is 44.2 Å². The second-order valence-electron chi connectivity index (χ2n) is 7.85. The molecule has 1 fully saturated rings. The lowest BCUT2D eigenvalue weighted by atomic mass is 10.00. The van der Waals surface area contributed by atoms with Crippen molar-refractivity contribution in [2.45, 2.75) is 63.3 Å². The molecule has 1 aromatic rings. The van der Waals surface area contributed by atoms with Gasteiger partial charge in [-0.1, -0.05) is 18.2 Å². The molecule has 9 heteroatoms. The van der Waals surface area contributed by atoms with Gasteiger partial charge < -0.3 is 34.6 Å². The van der Waals surface area contributed by atoms with Crippen LogP contribution in [0.15, 0.2) is 36.4 Å². The third kappa shape index (κ3) is 5.74. The molecule has 1 saturated heterocycles. The molecule has 9 nitrogen and oxygen atoms in total. The van der Waals surface area contributed by atoms with E-state index in [-0.39, 0.29) is 29.1 Å². The Morgan fingerprint density at radius 3 is 2.56 bits per heavy atom. The Hall–Kier alpha value is -2.72. The topological polar surface area (TPSA) is 143 Å². The normalized spacial score (nSPS) is 31.3. The standard InChI is InChI=1S/C23H28O9/c1-13-7-5-3-2-4-6-8-15(25)9-14-10-16(11-17(26)19(14)22(29)30-13)31-23-21(28)20(27)18(12-24)32-23/h3,5-6,8,10-11,13,18,20-21,23-24,26-28H,2,4,7,9,12H2,1H3/b5-3+,8-6+/t13-,18+,20+,21+,23+/m0/s1. The molecule has 0 radical (unpaired) electrons. The molecule has 3 rings (SSSR count). The van der Waals surface area contributed by atoms with Crippen LogP contribution in [-0.2, 0) is 20.7 Å². The van der Waals surface area contributed by atoms with Crippen molar-refractivity contribution in [1.29, 1.82) is 0 Å². The molecule has 0 bridgehead atoms. The molecule has 2 aliphatic heterocycles. The van der Waals surface area contributed by atoms with Crippen LogP contribution >= 0.6 is 0 Å². The number of aliphatic hydroxyl groups is 3. The average molecular weight is 448 g/mol. The predicted molar refractivity (Wildman–Crippen MR) is 112 cm³/mol. The quantitative estimate of drug-likeness (QED) is 0.396. The monoisotopic (exact) mass is 448 g/mol. The minimum absolute atomic E-state index is 0.0118. The molecule has 32 heavy (non-hydrogen) atoms. The number of ketones is 1. The largest absolute Gasteiger partial charge is 0.507 e. The van der Waals surface area contributed by atoms with E-state index in [0.717, 1.165) is 12.5 Å². The molecule has 2 heterocycles. The lowest BCUT2D eigenvalue weighted by molar-refractivity contribution is -0.116. The minimum atomic E-state index is -1.44. The second-order valence-corrected chi connectivity index (χ2v) is 7.85. The lowest BCUT2D eigenvalue weighted by Crippen LogP contribution is -2.35. The van der Waals surface area contributed by atoms with Gasteiger partial charge in [-0.2, -0.15) is 0 Å². The molecule has 0 saturated carbocycles. The molecule has 0 aromatic heterocycles. The zero-order valence-corrected chi connectivity index (χ0v) is 17.7. The minimum Gasteiger partial charge on any atom is -0.507 e. The van der Waals surface area contributed by atoms with Crippen LogP contribution in [0.1, 0.15) is 42.1 Å². The van der Waals surface area contributed by atoms with Crippen LogP contribution < -0.4 is 4.74 Å². The molecule has 0 spiro atoms. The Balaban J connectivity index is 1.91. The van der Waals surface area contributed by atoms with E-state index >= 15 is 0 Å². The molecule has 0 aliphatic carbocycles. The van der Waals surface area contributed by atoms with E-state index in [1.54, 1.807) is 13.0 Å². The van der Waals surface area contributed by atoms with Gasteiger partial charge >= 0.3 is 5.97 Å². The third-order valence-corrected chi connectivity index (χ3v) is 5.24. The van der Waals surface area contributed by atoms with Gasteiger partial charge in [-0.3, -0.25) is 4.79 Å². The number of carbonyl (C=O) groups is 2. The summed E-state index contributed by atoms with van der Waals surface area (Å²) in [6.07, 6.45) is 3.22. The highest BCUT2D eigenvalue weighted by Crippen LogP contribution is 2.32. The van der Waals surface area contributed by atoms with Crippen LogP contribution in [0.2, 0.25) is 0 Å². The van der Waals surface area contributed by atoms with Crippen molar-refractivity contribution in [2.75, 3.05) is 6.61 Å². The lowest BCUT2D eigenvalue weighted by Gasteiger charge is -2.19. The fourth-order valence-corrected chi connectivity index (χ4v) is 3.55. The van der Waals surface area contributed by atoms with E-state index < -0.39 is 49.0 Å². The first-order valence-corrected chi connectivity index (χ1v) is 10.5. The fraction of sp³-hybridized carbons (Fsp3) is 0.478. The van der Waals surface area contributed by atoms with Gasteiger partial charge in [0.25, 0.3) is 0 Å². The van der Waals surface area contributed by atoms with E-state index in [4.69, 9.17) is 14.2 Å². The molecule has 4 N–H and O–H groups in total. The van der Waals surface area contributed by atoms with Crippen LogP contribution in [0, 0.1) is 0 Å². The molecular formula is C23H28O9. The van der Waals surface area contributed by atoms with Crippen molar-refractivity contribution >= 4 is 11.8 Å². The van der Waals surface area contributed by atoms with Crippen LogP contribution in [0.4, 0.5) is 0 Å². The van der Waals surface area contributed by atoms with Crippen molar-refractivity contribution in [3.8, 4) is 11.5 Å². The zero-order chi connectivity index (χ0) is 23.3. The van der Waals surface area contributed by atoms with E-state index in [0.29, 0.717) is 12.8 Å². The fourth-order valence-electron chi connectivity index (χ4n) is 3.55. The Bertz CT molecular complexity index is 892. The van der Waals surface area contributed by atoms with Crippen molar-refractivity contribution in [3.05, 3.63) is 47.6 Å². The van der Waals surface area contributed by atoms with E-state index in [9.17, 15) is 30.0 Å². The Morgan fingerprint density at radius 1 is 1.09 bits per heavy atom. The highest BCUT2D eigenvalue weighted by atomic mass is 16.7. The van der Waals surface area contributed by atoms with Gasteiger partial charge in [0.05, 0.1) is 6.61 Å². The van der Waals surface area contributed by atoms with Crippen molar-refractivity contribution in [1.82, 2.24) is 0 Å². The number of phenolic OH excluding ortho intramolecular Hbond substituents is 1. The highest BCUT2D eigenvalue weighted by molar-refractivity contribution is 5.98.